The molecule has 136 valence electrons. The van der Waals surface area contributed by atoms with Crippen molar-refractivity contribution < 1.29 is 24.9 Å². The molecule has 1 saturated heterocycles. The van der Waals surface area contributed by atoms with Crippen LogP contribution < -0.4 is 0 Å². The van der Waals surface area contributed by atoms with Gasteiger partial charge in [0, 0.05) is 12.5 Å². The van der Waals surface area contributed by atoms with Crippen molar-refractivity contribution in [2.24, 2.45) is 0 Å². The molecule has 1 atom stereocenters. The second-order valence-electron chi connectivity index (χ2n) is 6.49. The summed E-state index contributed by atoms with van der Waals surface area (Å²) in [4.78, 5) is 25.0. The summed E-state index contributed by atoms with van der Waals surface area (Å²) >= 11 is 0. The normalized spacial score (nSPS) is 18.0. The molecule has 4 rings (SSSR count). The van der Waals surface area contributed by atoms with Crippen LogP contribution in [0.1, 0.15) is 29.9 Å². The molecule has 0 spiro atoms. The van der Waals surface area contributed by atoms with E-state index in [2.05, 4.69) is 24.3 Å². The summed E-state index contributed by atoms with van der Waals surface area (Å²) in [6.07, 6.45) is 0.646. The number of nitrogens with zero attached hydrogens (tertiary/aromatic N) is 1. The number of aliphatic carboxylic acids is 1. The first-order valence-electron chi connectivity index (χ1n) is 8.51. The molecule has 2 aliphatic rings. The summed E-state index contributed by atoms with van der Waals surface area (Å²) in [7, 11) is 0. The Morgan fingerprint density at radius 1 is 1.04 bits per heavy atom. The Bertz CT molecular complexity index is 789. The number of carboxylic acids is 1. The highest BCUT2D eigenvalue weighted by molar-refractivity contribution is 5.81. The molecule has 6 nitrogen and oxygen atoms in total. The monoisotopic (exact) mass is 355 g/mol. The van der Waals surface area contributed by atoms with E-state index in [1.54, 1.807) is 0 Å². The third-order valence-corrected chi connectivity index (χ3v) is 5.11. The molecular formula is C20H21NO5. The third-order valence-electron chi connectivity index (χ3n) is 5.11. The highest BCUT2D eigenvalue weighted by Gasteiger charge is 2.36. The molecule has 0 bridgehead atoms. The fraction of sp³-hybridized carbons (Fsp3) is 0.300. The highest BCUT2D eigenvalue weighted by Crippen LogP contribution is 2.44. The van der Waals surface area contributed by atoms with Gasteiger partial charge in [-0.05, 0) is 35.1 Å². The second-order valence-corrected chi connectivity index (χ2v) is 6.49. The molecule has 0 aromatic heterocycles. The maximum absolute atomic E-state index is 12.4. The largest absolute Gasteiger partial charge is 0.480 e. The van der Waals surface area contributed by atoms with Crippen molar-refractivity contribution in [1.29, 1.82) is 0 Å². The minimum atomic E-state index is -0.967. The van der Waals surface area contributed by atoms with Crippen LogP contribution in [0.4, 0.5) is 4.79 Å². The van der Waals surface area contributed by atoms with Crippen LogP contribution in [0, 0.1) is 0 Å². The number of likely N-dealkylation sites (tertiary alicyclic amines) is 1. The predicted molar refractivity (Wildman–Crippen MR) is 96.0 cm³/mol. The number of benzene rings is 2. The van der Waals surface area contributed by atoms with Crippen LogP contribution in [0.5, 0.6) is 0 Å². The van der Waals surface area contributed by atoms with Gasteiger partial charge in [0.1, 0.15) is 12.6 Å². The zero-order valence-corrected chi connectivity index (χ0v) is 14.2. The molecule has 0 radical (unpaired) electrons. The average Bonchev–Trinajstić information content (AvgIpc) is 3.23. The van der Waals surface area contributed by atoms with Crippen LogP contribution in [0.2, 0.25) is 0 Å². The minimum Gasteiger partial charge on any atom is -0.480 e. The maximum atomic E-state index is 12.4. The number of carbonyl (C=O) groups is 2. The van der Waals surface area contributed by atoms with Crippen molar-refractivity contribution in [3.8, 4) is 11.1 Å². The van der Waals surface area contributed by atoms with Gasteiger partial charge in [0.15, 0.2) is 0 Å². The number of ether oxygens (including phenoxy) is 1. The minimum absolute atomic E-state index is 0. The third kappa shape index (κ3) is 2.93. The lowest BCUT2D eigenvalue weighted by molar-refractivity contribution is -0.141. The standard InChI is InChI=1S/C20H19NO4.H2O/c22-19(23)18-10-5-11-21(18)20(24)25-12-17-15-8-3-1-6-13(15)14-7-2-4-9-16(14)17;/h1-4,6-9,17-18H,5,10-12H2,(H,22,23);1H2/t18-;/m1./s1. The van der Waals surface area contributed by atoms with Gasteiger partial charge in [0.05, 0.1) is 0 Å². The van der Waals surface area contributed by atoms with Crippen LogP contribution in [-0.2, 0) is 9.53 Å². The molecule has 3 N–H and O–H groups in total. The van der Waals surface area contributed by atoms with Crippen molar-refractivity contribution >= 4 is 12.1 Å². The van der Waals surface area contributed by atoms with Crippen LogP contribution in [-0.4, -0.2) is 46.7 Å². The molecule has 1 amide bonds. The SMILES string of the molecule is O.O=C(O)[C@H]1CCCN1C(=O)OCC1c2ccccc2-c2ccccc21. The van der Waals surface area contributed by atoms with Crippen molar-refractivity contribution in [1.82, 2.24) is 4.90 Å². The Morgan fingerprint density at radius 2 is 1.62 bits per heavy atom. The van der Waals surface area contributed by atoms with Crippen LogP contribution in [0.15, 0.2) is 48.5 Å². The lowest BCUT2D eigenvalue weighted by Crippen LogP contribution is -2.41. The van der Waals surface area contributed by atoms with E-state index in [1.807, 2.05) is 24.3 Å². The molecule has 26 heavy (non-hydrogen) atoms. The van der Waals surface area contributed by atoms with Crippen LogP contribution in [0.25, 0.3) is 11.1 Å². The number of hydrogen-bond donors (Lipinski definition) is 1. The predicted octanol–water partition coefficient (Wildman–Crippen LogP) is 2.66. The van der Waals surface area contributed by atoms with E-state index in [0.29, 0.717) is 19.4 Å². The van der Waals surface area contributed by atoms with Gasteiger partial charge in [0.2, 0.25) is 0 Å². The first-order chi connectivity index (χ1) is 12.2. The van der Waals surface area contributed by atoms with Crippen molar-refractivity contribution in [3.05, 3.63) is 59.7 Å². The Morgan fingerprint density at radius 3 is 2.19 bits per heavy atom. The topological polar surface area (TPSA) is 98.3 Å². The lowest BCUT2D eigenvalue weighted by atomic mass is 9.98. The van der Waals surface area contributed by atoms with Crippen molar-refractivity contribution in [3.63, 3.8) is 0 Å². The van der Waals surface area contributed by atoms with Gasteiger partial charge in [-0.1, -0.05) is 48.5 Å². The Balaban J connectivity index is 0.00000196. The molecule has 1 aliphatic carbocycles. The quantitative estimate of drug-likeness (QED) is 0.915. The fourth-order valence-electron chi connectivity index (χ4n) is 3.92. The van der Waals surface area contributed by atoms with E-state index >= 15 is 0 Å². The number of rotatable bonds is 3. The summed E-state index contributed by atoms with van der Waals surface area (Å²) in [5.41, 5.74) is 4.63. The molecule has 1 heterocycles. The summed E-state index contributed by atoms with van der Waals surface area (Å²) in [6, 6.07) is 15.5. The van der Waals surface area contributed by atoms with Gasteiger partial charge in [-0.15, -0.1) is 0 Å². The summed E-state index contributed by atoms with van der Waals surface area (Å²) in [5.74, 6) is -0.978. The summed E-state index contributed by atoms with van der Waals surface area (Å²) < 4.78 is 5.53. The summed E-state index contributed by atoms with van der Waals surface area (Å²) in [5, 5.41) is 9.22. The Hall–Kier alpha value is -2.86. The number of carbonyl (C=O) groups excluding carboxylic acids is 1. The first kappa shape index (κ1) is 17.9. The van der Waals surface area contributed by atoms with E-state index in [1.165, 1.54) is 16.0 Å². The number of hydrogen-bond acceptors (Lipinski definition) is 3. The van der Waals surface area contributed by atoms with Gasteiger partial charge in [-0.2, -0.15) is 0 Å². The number of amides is 1. The fourth-order valence-corrected chi connectivity index (χ4v) is 3.92. The van der Waals surface area contributed by atoms with E-state index in [9.17, 15) is 14.7 Å². The van der Waals surface area contributed by atoms with Crippen molar-refractivity contribution in [2.75, 3.05) is 13.2 Å². The van der Waals surface area contributed by atoms with E-state index in [4.69, 9.17) is 4.74 Å². The zero-order valence-electron chi connectivity index (χ0n) is 14.2. The van der Waals surface area contributed by atoms with Crippen LogP contribution >= 0.6 is 0 Å². The number of carboxylic acid groups (broad SMARTS) is 1. The van der Waals surface area contributed by atoms with E-state index < -0.39 is 18.1 Å². The smallest absolute Gasteiger partial charge is 0.410 e. The molecular weight excluding hydrogens is 334 g/mol. The summed E-state index contributed by atoms with van der Waals surface area (Å²) in [6.45, 7) is 0.656. The first-order valence-corrected chi connectivity index (χ1v) is 8.51. The molecule has 2 aromatic rings. The number of fused-ring (bicyclic) bond motifs is 3. The van der Waals surface area contributed by atoms with E-state index in [-0.39, 0.29) is 18.0 Å². The maximum Gasteiger partial charge on any atom is 0.410 e. The molecule has 0 unspecified atom stereocenters. The van der Waals surface area contributed by atoms with Gasteiger partial charge < -0.3 is 15.3 Å². The molecule has 2 aromatic carbocycles. The molecule has 1 fully saturated rings. The van der Waals surface area contributed by atoms with Crippen molar-refractivity contribution in [2.45, 2.75) is 24.8 Å². The molecule has 1 aliphatic heterocycles. The van der Waals surface area contributed by atoms with Gasteiger partial charge >= 0.3 is 12.1 Å². The lowest BCUT2D eigenvalue weighted by Gasteiger charge is -2.22. The Kier molecular flexibility index (Phi) is 4.95. The second kappa shape index (κ2) is 7.17. The zero-order chi connectivity index (χ0) is 17.4. The Labute approximate surface area is 151 Å². The molecule has 0 saturated carbocycles. The van der Waals surface area contributed by atoms with Gasteiger partial charge in [0.25, 0.3) is 0 Å². The molecule has 6 heteroatoms. The van der Waals surface area contributed by atoms with Gasteiger partial charge in [-0.25, -0.2) is 9.59 Å². The average molecular weight is 355 g/mol. The van der Waals surface area contributed by atoms with Crippen LogP contribution in [0.3, 0.4) is 0 Å². The van der Waals surface area contributed by atoms with Gasteiger partial charge in [-0.3, -0.25) is 4.90 Å². The highest BCUT2D eigenvalue weighted by atomic mass is 16.6. The van der Waals surface area contributed by atoms with E-state index in [0.717, 1.165) is 11.1 Å².